The maximum atomic E-state index is 13.3. The van der Waals surface area contributed by atoms with Gasteiger partial charge < -0.3 is 0 Å². The van der Waals surface area contributed by atoms with Crippen molar-refractivity contribution in [2.24, 2.45) is 0 Å². The molecular formula is C19H32OSn. The van der Waals surface area contributed by atoms with Crippen molar-refractivity contribution in [1.82, 2.24) is 0 Å². The van der Waals surface area contributed by atoms with Crippen LogP contribution in [0.1, 0.15) is 69.7 Å². The fourth-order valence-corrected chi connectivity index (χ4v) is 18.3. The van der Waals surface area contributed by atoms with Gasteiger partial charge in [-0.15, -0.1) is 0 Å². The van der Waals surface area contributed by atoms with Crippen LogP contribution >= 0.6 is 0 Å². The van der Waals surface area contributed by atoms with E-state index in [9.17, 15) is 4.79 Å². The quantitative estimate of drug-likeness (QED) is 0.405. The van der Waals surface area contributed by atoms with Gasteiger partial charge in [0, 0.05) is 0 Å². The molecule has 1 rings (SSSR count). The molecule has 1 nitrogen and oxygen atoms in total. The molecule has 0 spiro atoms. The molecule has 0 atom stereocenters. The molecule has 1 aromatic carbocycles. The fraction of sp³-hybridized carbons (Fsp3) is 0.632. The third kappa shape index (κ3) is 5.77. The molecule has 2 heteroatoms. The summed E-state index contributed by atoms with van der Waals surface area (Å²) >= 11 is -2.72. The van der Waals surface area contributed by atoms with E-state index in [2.05, 4.69) is 20.8 Å². The van der Waals surface area contributed by atoms with Crippen molar-refractivity contribution in [1.29, 1.82) is 0 Å². The van der Waals surface area contributed by atoms with Crippen molar-refractivity contribution in [3.05, 3.63) is 35.9 Å². The first-order valence-corrected chi connectivity index (χ1v) is 16.3. The van der Waals surface area contributed by atoms with Gasteiger partial charge in [-0.2, -0.15) is 0 Å². The summed E-state index contributed by atoms with van der Waals surface area (Å²) in [5.74, 6) is 0. The summed E-state index contributed by atoms with van der Waals surface area (Å²) < 4.78 is 4.39. The summed E-state index contributed by atoms with van der Waals surface area (Å²) in [5, 5.41) is 0. The van der Waals surface area contributed by atoms with E-state index in [-0.39, 0.29) is 0 Å². The van der Waals surface area contributed by atoms with Crippen LogP contribution < -0.4 is 0 Å². The van der Waals surface area contributed by atoms with Gasteiger partial charge in [0.2, 0.25) is 0 Å². The van der Waals surface area contributed by atoms with Crippen molar-refractivity contribution < 1.29 is 4.79 Å². The molecule has 0 aliphatic carbocycles. The Morgan fingerprint density at radius 2 is 1.24 bits per heavy atom. The molecule has 21 heavy (non-hydrogen) atoms. The van der Waals surface area contributed by atoms with E-state index in [0.717, 1.165) is 5.56 Å². The van der Waals surface area contributed by atoms with Crippen molar-refractivity contribution in [3.8, 4) is 0 Å². The SMILES string of the molecule is CCC[CH2][Sn]([CH2]CCC)([CH2]CCC)[C](=O)c1ccccc1. The Bertz CT molecular complexity index is 378. The third-order valence-corrected chi connectivity index (χ3v) is 19.3. The molecule has 0 saturated heterocycles. The zero-order valence-corrected chi connectivity index (χ0v) is 17.0. The van der Waals surface area contributed by atoms with Crippen LogP contribution in [0, 0.1) is 0 Å². The molecule has 0 bridgehead atoms. The molecule has 0 aliphatic heterocycles. The Hall–Kier alpha value is -0.311. The van der Waals surface area contributed by atoms with Crippen molar-refractivity contribution in [2.45, 2.75) is 72.6 Å². The van der Waals surface area contributed by atoms with E-state index in [0.29, 0.717) is 3.80 Å². The number of carbonyl (C=O) groups excluding carboxylic acids is 1. The zero-order valence-electron chi connectivity index (χ0n) is 14.2. The molecule has 0 aliphatic rings. The van der Waals surface area contributed by atoms with Gasteiger partial charge in [0.1, 0.15) is 0 Å². The van der Waals surface area contributed by atoms with Gasteiger partial charge in [-0.05, 0) is 0 Å². The van der Waals surface area contributed by atoms with Crippen LogP contribution in [0.5, 0.6) is 0 Å². The number of rotatable bonds is 11. The Morgan fingerprint density at radius 3 is 1.62 bits per heavy atom. The molecule has 118 valence electrons. The van der Waals surface area contributed by atoms with Crippen LogP contribution in [0.25, 0.3) is 0 Å². The standard InChI is InChI=1S/C7H5O.3C4H9.Sn/c8-6-7-4-2-1-3-5-7;3*1-3-4-2;/h1-5H;3*1,3-4H2,2H3;. The molecule has 0 amide bonds. The van der Waals surface area contributed by atoms with Crippen molar-refractivity contribution >= 4 is 22.2 Å². The van der Waals surface area contributed by atoms with Crippen LogP contribution in [-0.4, -0.2) is 22.2 Å². The van der Waals surface area contributed by atoms with Crippen LogP contribution in [-0.2, 0) is 0 Å². The molecule has 0 aromatic heterocycles. The van der Waals surface area contributed by atoms with E-state index in [1.54, 1.807) is 0 Å². The normalized spacial score (nSPS) is 11.6. The average Bonchev–Trinajstić information content (AvgIpc) is 2.55. The minimum atomic E-state index is -2.72. The fourth-order valence-electron chi connectivity index (χ4n) is 3.16. The number of unbranched alkanes of at least 4 members (excludes halogenated alkanes) is 3. The molecular weight excluding hydrogens is 363 g/mol. The van der Waals surface area contributed by atoms with Crippen LogP contribution in [0.3, 0.4) is 0 Å². The van der Waals surface area contributed by atoms with Crippen LogP contribution in [0.15, 0.2) is 30.3 Å². The van der Waals surface area contributed by atoms with Gasteiger partial charge >= 0.3 is 135 Å². The molecule has 1 aromatic rings. The molecule has 0 unspecified atom stereocenters. The minimum absolute atomic E-state index is 0.597. The summed E-state index contributed by atoms with van der Waals surface area (Å²) in [5.41, 5.74) is 0.997. The topological polar surface area (TPSA) is 17.1 Å². The molecule has 0 radical (unpaired) electrons. The average molecular weight is 395 g/mol. The van der Waals surface area contributed by atoms with Crippen molar-refractivity contribution in [3.63, 3.8) is 0 Å². The van der Waals surface area contributed by atoms with E-state index < -0.39 is 18.4 Å². The maximum absolute atomic E-state index is 13.3. The summed E-state index contributed by atoms with van der Waals surface area (Å²) in [7, 11) is 0. The summed E-state index contributed by atoms with van der Waals surface area (Å²) in [6, 6.07) is 10.1. The third-order valence-electron chi connectivity index (χ3n) is 4.54. The van der Waals surface area contributed by atoms with Gasteiger partial charge in [0.05, 0.1) is 0 Å². The molecule has 0 heterocycles. The Labute approximate surface area is 135 Å². The van der Waals surface area contributed by atoms with E-state index in [1.807, 2.05) is 30.3 Å². The second-order valence-corrected chi connectivity index (χ2v) is 19.2. The van der Waals surface area contributed by atoms with Crippen molar-refractivity contribution in [2.75, 3.05) is 0 Å². The summed E-state index contributed by atoms with van der Waals surface area (Å²) in [6.45, 7) is 6.76. The zero-order chi connectivity index (χ0) is 15.6. The van der Waals surface area contributed by atoms with E-state index in [4.69, 9.17) is 0 Å². The molecule has 0 N–H and O–H groups in total. The van der Waals surface area contributed by atoms with E-state index >= 15 is 0 Å². The van der Waals surface area contributed by atoms with Gasteiger partial charge in [0.25, 0.3) is 0 Å². The Morgan fingerprint density at radius 1 is 0.810 bits per heavy atom. The van der Waals surface area contributed by atoms with Gasteiger partial charge in [-0.1, -0.05) is 0 Å². The van der Waals surface area contributed by atoms with Gasteiger partial charge in [-0.25, -0.2) is 0 Å². The van der Waals surface area contributed by atoms with Gasteiger partial charge in [-0.3, -0.25) is 0 Å². The van der Waals surface area contributed by atoms with Gasteiger partial charge in [0.15, 0.2) is 0 Å². The first-order chi connectivity index (χ1) is 10.2. The number of hydrogen-bond donors (Lipinski definition) is 0. The second kappa shape index (κ2) is 10.4. The Balaban J connectivity index is 3.02. The predicted molar refractivity (Wildman–Crippen MR) is 95.7 cm³/mol. The first kappa shape index (κ1) is 18.7. The summed E-state index contributed by atoms with van der Waals surface area (Å²) in [4.78, 5) is 13.3. The van der Waals surface area contributed by atoms with Crippen LogP contribution in [0.4, 0.5) is 0 Å². The first-order valence-electron chi connectivity index (χ1n) is 8.80. The monoisotopic (exact) mass is 396 g/mol. The molecule has 0 saturated carbocycles. The van der Waals surface area contributed by atoms with Crippen LogP contribution in [0.2, 0.25) is 13.3 Å². The molecule has 0 fully saturated rings. The second-order valence-electron chi connectivity index (χ2n) is 6.29. The number of carbonyl (C=O) groups is 1. The van der Waals surface area contributed by atoms with E-state index in [1.165, 1.54) is 51.8 Å². The number of hydrogen-bond acceptors (Lipinski definition) is 1. The number of benzene rings is 1. The Kier molecular flexibility index (Phi) is 9.30. The predicted octanol–water partition coefficient (Wildman–Crippen LogP) is 6.26. The summed E-state index contributed by atoms with van der Waals surface area (Å²) in [6.07, 6.45) is 7.42.